The first-order chi connectivity index (χ1) is 11.5. The first kappa shape index (κ1) is 15.9. The predicted molar refractivity (Wildman–Crippen MR) is 88.3 cm³/mol. The van der Waals surface area contributed by atoms with Gasteiger partial charge in [0, 0.05) is 37.3 Å². The van der Waals surface area contributed by atoms with Gasteiger partial charge in [0.25, 0.3) is 0 Å². The van der Waals surface area contributed by atoms with Crippen LogP contribution in [0.3, 0.4) is 0 Å². The van der Waals surface area contributed by atoms with Gasteiger partial charge in [-0.2, -0.15) is 5.26 Å². The van der Waals surface area contributed by atoms with Crippen LogP contribution in [-0.4, -0.2) is 54.5 Å². The Labute approximate surface area is 142 Å². The Balaban J connectivity index is 1.43. The Bertz CT molecular complexity index is 759. The number of sulfone groups is 1. The maximum Gasteiger partial charge on any atom is 0.213 e. The number of nitrogens with zero attached hydrogens (tertiary/aromatic N) is 3. The molecular formula is C17H21N3O3S. The minimum atomic E-state index is -3.05. The van der Waals surface area contributed by atoms with E-state index in [0.717, 1.165) is 0 Å². The molecule has 0 amide bonds. The van der Waals surface area contributed by atoms with E-state index in [1.165, 1.54) is 25.5 Å². The molecule has 7 heteroatoms. The quantitative estimate of drug-likeness (QED) is 0.818. The van der Waals surface area contributed by atoms with Gasteiger partial charge in [-0.15, -0.1) is 0 Å². The zero-order valence-electron chi connectivity index (χ0n) is 13.5. The van der Waals surface area contributed by atoms with Crippen LogP contribution >= 0.6 is 0 Å². The highest BCUT2D eigenvalue weighted by Gasteiger charge is 2.62. The van der Waals surface area contributed by atoms with Crippen molar-refractivity contribution in [3.8, 4) is 11.9 Å². The van der Waals surface area contributed by atoms with Crippen LogP contribution in [0.5, 0.6) is 5.88 Å². The Morgan fingerprint density at radius 1 is 1.33 bits per heavy atom. The summed E-state index contributed by atoms with van der Waals surface area (Å²) in [6.45, 7) is 1.69. The molecule has 2 saturated heterocycles. The highest BCUT2D eigenvalue weighted by molar-refractivity contribution is 7.93. The van der Waals surface area contributed by atoms with Gasteiger partial charge in [0.15, 0.2) is 9.84 Å². The molecule has 1 aliphatic carbocycles. The van der Waals surface area contributed by atoms with E-state index in [1.54, 1.807) is 12.1 Å². The third-order valence-electron chi connectivity index (χ3n) is 5.93. The maximum atomic E-state index is 12.6. The van der Waals surface area contributed by atoms with E-state index in [4.69, 9.17) is 10.00 Å². The summed E-state index contributed by atoms with van der Waals surface area (Å²) in [5.74, 6) is 0.736. The molecule has 1 aromatic heterocycles. The standard InChI is InChI=1S/C17H21N3O3S/c18-8-13-4-5-16(19-9-13)23-10-14-6-7-24(21,22)17(14)11-20(12-17)15-2-1-3-15/h4-5,9,14-15H,1-3,6-7,10-12H2. The smallest absolute Gasteiger partial charge is 0.213 e. The molecule has 0 radical (unpaired) electrons. The summed E-state index contributed by atoms with van der Waals surface area (Å²) in [5, 5.41) is 8.79. The largest absolute Gasteiger partial charge is 0.477 e. The lowest BCUT2D eigenvalue weighted by molar-refractivity contribution is 0.00192. The second-order valence-corrected chi connectivity index (χ2v) is 9.62. The first-order valence-electron chi connectivity index (χ1n) is 8.49. The van der Waals surface area contributed by atoms with Crippen molar-refractivity contribution in [1.82, 2.24) is 9.88 Å². The van der Waals surface area contributed by atoms with Gasteiger partial charge in [-0.05, 0) is 25.3 Å². The molecule has 3 aliphatic rings. The number of nitriles is 1. The lowest BCUT2D eigenvalue weighted by Gasteiger charge is -2.55. The third-order valence-corrected chi connectivity index (χ3v) is 8.53. The number of aromatic nitrogens is 1. The molecule has 1 saturated carbocycles. The zero-order chi connectivity index (χ0) is 16.8. The number of rotatable bonds is 4. The van der Waals surface area contributed by atoms with Crippen molar-refractivity contribution in [2.45, 2.75) is 36.5 Å². The predicted octanol–water partition coefficient (Wildman–Crippen LogP) is 1.37. The van der Waals surface area contributed by atoms with Gasteiger partial charge in [-0.25, -0.2) is 13.4 Å². The molecule has 0 bridgehead atoms. The second kappa shape index (κ2) is 5.71. The molecule has 0 aromatic carbocycles. The Kier molecular flexibility index (Phi) is 3.77. The number of hydrogen-bond donors (Lipinski definition) is 0. The van der Waals surface area contributed by atoms with Crippen LogP contribution in [0.15, 0.2) is 18.3 Å². The summed E-state index contributed by atoms with van der Waals surface area (Å²) in [6.07, 6.45) is 5.80. The topological polar surface area (TPSA) is 83.3 Å². The van der Waals surface area contributed by atoms with Crippen LogP contribution in [0.4, 0.5) is 0 Å². The second-order valence-electron chi connectivity index (χ2n) is 7.17. The Morgan fingerprint density at radius 2 is 2.12 bits per heavy atom. The summed E-state index contributed by atoms with van der Waals surface area (Å²) in [7, 11) is -3.05. The van der Waals surface area contributed by atoms with Crippen molar-refractivity contribution < 1.29 is 13.2 Å². The maximum absolute atomic E-state index is 12.6. The minimum absolute atomic E-state index is 0.0243. The van der Waals surface area contributed by atoms with Crippen molar-refractivity contribution in [2.24, 2.45) is 5.92 Å². The lowest BCUT2D eigenvalue weighted by Crippen LogP contribution is -2.70. The van der Waals surface area contributed by atoms with Crippen molar-refractivity contribution in [1.29, 1.82) is 5.26 Å². The van der Waals surface area contributed by atoms with Gasteiger partial charge in [0.2, 0.25) is 5.88 Å². The monoisotopic (exact) mass is 347 g/mol. The SMILES string of the molecule is N#Cc1ccc(OCC2CCS(=O)(=O)C23CN(C2CCC2)C3)nc1. The highest BCUT2D eigenvalue weighted by Crippen LogP contribution is 2.47. The molecule has 4 rings (SSSR count). The van der Waals surface area contributed by atoms with Gasteiger partial charge in [-0.3, -0.25) is 4.90 Å². The average molecular weight is 347 g/mol. The average Bonchev–Trinajstić information content (AvgIpc) is 2.75. The molecule has 2 aliphatic heterocycles. The normalized spacial score (nSPS) is 28.0. The van der Waals surface area contributed by atoms with E-state index in [9.17, 15) is 8.42 Å². The van der Waals surface area contributed by atoms with Gasteiger partial charge < -0.3 is 4.74 Å². The fraction of sp³-hybridized carbons (Fsp3) is 0.647. The molecule has 6 nitrogen and oxygen atoms in total. The number of pyridine rings is 1. The molecule has 3 heterocycles. The first-order valence-corrected chi connectivity index (χ1v) is 10.1. The number of likely N-dealkylation sites (tertiary alicyclic amines) is 1. The lowest BCUT2D eigenvalue weighted by atomic mass is 9.79. The van der Waals surface area contributed by atoms with Crippen molar-refractivity contribution in [2.75, 3.05) is 25.4 Å². The number of ether oxygens (including phenoxy) is 1. The summed E-state index contributed by atoms with van der Waals surface area (Å²) < 4.78 is 30.4. The summed E-state index contributed by atoms with van der Waals surface area (Å²) >= 11 is 0. The van der Waals surface area contributed by atoms with Gasteiger partial charge >= 0.3 is 0 Å². The number of hydrogen-bond acceptors (Lipinski definition) is 6. The molecule has 128 valence electrons. The molecule has 0 N–H and O–H groups in total. The zero-order valence-corrected chi connectivity index (χ0v) is 14.3. The Hall–Kier alpha value is -1.65. The van der Waals surface area contributed by atoms with Crippen molar-refractivity contribution >= 4 is 9.84 Å². The highest BCUT2D eigenvalue weighted by atomic mass is 32.2. The van der Waals surface area contributed by atoms with E-state index >= 15 is 0 Å². The fourth-order valence-electron chi connectivity index (χ4n) is 4.08. The van der Waals surface area contributed by atoms with E-state index in [0.29, 0.717) is 43.6 Å². The van der Waals surface area contributed by atoms with Gasteiger partial charge in [0.05, 0.1) is 17.9 Å². The third kappa shape index (κ3) is 2.40. The van der Waals surface area contributed by atoms with E-state index in [-0.39, 0.29) is 11.7 Å². The van der Waals surface area contributed by atoms with Crippen molar-refractivity contribution in [3.63, 3.8) is 0 Å². The van der Waals surface area contributed by atoms with Crippen LogP contribution in [0, 0.1) is 17.2 Å². The fourth-order valence-corrected chi connectivity index (χ4v) is 6.50. The van der Waals surface area contributed by atoms with E-state index < -0.39 is 14.6 Å². The van der Waals surface area contributed by atoms with E-state index in [1.807, 2.05) is 6.07 Å². The van der Waals surface area contributed by atoms with Crippen LogP contribution < -0.4 is 4.74 Å². The molecule has 1 unspecified atom stereocenters. The van der Waals surface area contributed by atoms with Crippen LogP contribution in [-0.2, 0) is 9.84 Å². The molecule has 1 aromatic rings. The van der Waals surface area contributed by atoms with Crippen LogP contribution in [0.25, 0.3) is 0 Å². The molecular weight excluding hydrogens is 326 g/mol. The molecule has 3 fully saturated rings. The van der Waals surface area contributed by atoms with Crippen LogP contribution in [0.1, 0.15) is 31.2 Å². The molecule has 1 atom stereocenters. The molecule has 1 spiro atoms. The summed E-state index contributed by atoms with van der Waals surface area (Å²) in [4.78, 5) is 6.43. The van der Waals surface area contributed by atoms with Crippen LogP contribution in [0.2, 0.25) is 0 Å². The molecule has 24 heavy (non-hydrogen) atoms. The minimum Gasteiger partial charge on any atom is -0.477 e. The van der Waals surface area contributed by atoms with E-state index in [2.05, 4.69) is 9.88 Å². The Morgan fingerprint density at radius 3 is 2.71 bits per heavy atom. The summed E-state index contributed by atoms with van der Waals surface area (Å²) in [6, 6.07) is 5.93. The van der Waals surface area contributed by atoms with Gasteiger partial charge in [0.1, 0.15) is 10.8 Å². The van der Waals surface area contributed by atoms with Crippen molar-refractivity contribution in [3.05, 3.63) is 23.9 Å². The van der Waals surface area contributed by atoms with Gasteiger partial charge in [-0.1, -0.05) is 6.42 Å². The summed E-state index contributed by atoms with van der Waals surface area (Å²) in [5.41, 5.74) is 0.484.